The molecule has 0 unspecified atom stereocenters. The zero-order valence-corrected chi connectivity index (χ0v) is 11.4. The number of benzene rings is 1. The minimum absolute atomic E-state index is 0.0400. The molecule has 4 heteroatoms. The first-order valence-corrected chi connectivity index (χ1v) is 6.76. The third kappa shape index (κ3) is 3.07. The Morgan fingerprint density at radius 2 is 1.88 bits per heavy atom. The van der Waals surface area contributed by atoms with Crippen LogP contribution in [0.1, 0.15) is 18.4 Å². The Labute approximate surface area is 110 Å². The van der Waals surface area contributed by atoms with Gasteiger partial charge in [0.05, 0.1) is 6.61 Å². The number of aliphatic hydroxyl groups is 1. The zero-order chi connectivity index (χ0) is 12.1. The SMILES string of the molecule is OCCNC1(c2ccc(Br)cc2)CCOCC1. The lowest BCUT2D eigenvalue weighted by Gasteiger charge is -2.38. The van der Waals surface area contributed by atoms with Crippen molar-refractivity contribution >= 4 is 15.9 Å². The van der Waals surface area contributed by atoms with Crippen molar-refractivity contribution < 1.29 is 9.84 Å². The third-order valence-corrected chi connectivity index (χ3v) is 3.85. The van der Waals surface area contributed by atoms with Gasteiger partial charge in [0, 0.05) is 29.8 Å². The first-order valence-electron chi connectivity index (χ1n) is 5.96. The summed E-state index contributed by atoms with van der Waals surface area (Å²) in [5, 5.41) is 12.5. The molecule has 0 bridgehead atoms. The molecule has 1 saturated heterocycles. The van der Waals surface area contributed by atoms with Gasteiger partial charge in [-0.2, -0.15) is 0 Å². The van der Waals surface area contributed by atoms with E-state index >= 15 is 0 Å². The van der Waals surface area contributed by atoms with E-state index in [2.05, 4.69) is 45.5 Å². The monoisotopic (exact) mass is 299 g/mol. The summed E-state index contributed by atoms with van der Waals surface area (Å²) in [6, 6.07) is 8.40. The normalized spacial score (nSPS) is 19.2. The smallest absolute Gasteiger partial charge is 0.0556 e. The fourth-order valence-corrected chi connectivity index (χ4v) is 2.62. The number of rotatable bonds is 4. The van der Waals surface area contributed by atoms with Crippen molar-refractivity contribution in [3.63, 3.8) is 0 Å². The van der Waals surface area contributed by atoms with Crippen LogP contribution in [0.2, 0.25) is 0 Å². The molecular weight excluding hydrogens is 282 g/mol. The summed E-state index contributed by atoms with van der Waals surface area (Å²) >= 11 is 3.45. The molecule has 17 heavy (non-hydrogen) atoms. The van der Waals surface area contributed by atoms with Crippen LogP contribution in [0.5, 0.6) is 0 Å². The molecule has 1 aliphatic rings. The summed E-state index contributed by atoms with van der Waals surface area (Å²) in [4.78, 5) is 0. The van der Waals surface area contributed by atoms with Gasteiger partial charge in [-0.1, -0.05) is 28.1 Å². The molecule has 0 amide bonds. The third-order valence-electron chi connectivity index (χ3n) is 3.32. The molecule has 0 atom stereocenters. The summed E-state index contributed by atoms with van der Waals surface area (Å²) in [5.41, 5.74) is 1.24. The van der Waals surface area contributed by atoms with Gasteiger partial charge in [-0.25, -0.2) is 0 Å². The van der Waals surface area contributed by atoms with E-state index in [1.807, 2.05) is 0 Å². The van der Waals surface area contributed by atoms with Crippen LogP contribution in [0.25, 0.3) is 0 Å². The molecule has 0 aliphatic carbocycles. The van der Waals surface area contributed by atoms with E-state index in [-0.39, 0.29) is 12.1 Å². The molecule has 1 fully saturated rings. The highest BCUT2D eigenvalue weighted by molar-refractivity contribution is 9.10. The Hall–Kier alpha value is -0.420. The van der Waals surface area contributed by atoms with Crippen molar-refractivity contribution in [2.24, 2.45) is 0 Å². The molecule has 2 N–H and O–H groups in total. The summed E-state index contributed by atoms with van der Waals surface area (Å²) in [6.07, 6.45) is 1.91. The average molecular weight is 300 g/mol. The number of aliphatic hydroxyl groups excluding tert-OH is 1. The van der Waals surface area contributed by atoms with Crippen LogP contribution in [0.4, 0.5) is 0 Å². The lowest BCUT2D eigenvalue weighted by molar-refractivity contribution is 0.0348. The van der Waals surface area contributed by atoms with Gasteiger partial charge < -0.3 is 15.2 Å². The van der Waals surface area contributed by atoms with Gasteiger partial charge in [0.25, 0.3) is 0 Å². The first kappa shape index (κ1) is 13.0. The van der Waals surface area contributed by atoms with Gasteiger partial charge in [-0.05, 0) is 30.5 Å². The standard InChI is InChI=1S/C13H18BrNO2/c14-12-3-1-11(2-4-12)13(15-7-8-16)5-9-17-10-6-13/h1-4,15-16H,5-10H2. The minimum atomic E-state index is -0.0400. The van der Waals surface area contributed by atoms with Crippen molar-refractivity contribution in [3.05, 3.63) is 34.3 Å². The largest absolute Gasteiger partial charge is 0.395 e. The number of hydrogen-bond acceptors (Lipinski definition) is 3. The lowest BCUT2D eigenvalue weighted by atomic mass is 9.82. The highest BCUT2D eigenvalue weighted by Gasteiger charge is 2.33. The Kier molecular flexibility index (Phi) is 4.56. The van der Waals surface area contributed by atoms with Crippen LogP contribution in [0.3, 0.4) is 0 Å². The molecule has 94 valence electrons. The summed E-state index contributed by atoms with van der Waals surface area (Å²) in [7, 11) is 0. The van der Waals surface area contributed by atoms with Crippen LogP contribution in [0.15, 0.2) is 28.7 Å². The molecule has 1 aliphatic heterocycles. The zero-order valence-electron chi connectivity index (χ0n) is 9.79. The van der Waals surface area contributed by atoms with E-state index in [9.17, 15) is 0 Å². The minimum Gasteiger partial charge on any atom is -0.395 e. The molecule has 0 radical (unpaired) electrons. The molecule has 1 aromatic carbocycles. The fourth-order valence-electron chi connectivity index (χ4n) is 2.35. The molecule has 0 saturated carbocycles. The lowest BCUT2D eigenvalue weighted by Crippen LogP contribution is -2.47. The summed E-state index contributed by atoms with van der Waals surface area (Å²) in [5.74, 6) is 0. The Morgan fingerprint density at radius 3 is 2.47 bits per heavy atom. The number of halogens is 1. The van der Waals surface area contributed by atoms with E-state index in [0.717, 1.165) is 30.5 Å². The van der Waals surface area contributed by atoms with Gasteiger partial charge in [-0.3, -0.25) is 0 Å². The second-order valence-electron chi connectivity index (χ2n) is 4.35. The number of nitrogens with one attached hydrogen (secondary N) is 1. The number of ether oxygens (including phenoxy) is 1. The maximum Gasteiger partial charge on any atom is 0.0556 e. The van der Waals surface area contributed by atoms with E-state index in [0.29, 0.717) is 6.54 Å². The van der Waals surface area contributed by atoms with Crippen molar-refractivity contribution in [1.82, 2.24) is 5.32 Å². The molecule has 1 heterocycles. The van der Waals surface area contributed by atoms with Crippen molar-refractivity contribution in [2.75, 3.05) is 26.4 Å². The van der Waals surface area contributed by atoms with Crippen molar-refractivity contribution in [1.29, 1.82) is 0 Å². The second-order valence-corrected chi connectivity index (χ2v) is 5.27. The van der Waals surface area contributed by atoms with Crippen LogP contribution >= 0.6 is 15.9 Å². The summed E-state index contributed by atoms with van der Waals surface area (Å²) in [6.45, 7) is 2.33. The average Bonchev–Trinajstić information content (AvgIpc) is 2.38. The predicted molar refractivity (Wildman–Crippen MR) is 71.0 cm³/mol. The Morgan fingerprint density at radius 1 is 1.24 bits per heavy atom. The van der Waals surface area contributed by atoms with Crippen LogP contribution < -0.4 is 5.32 Å². The van der Waals surface area contributed by atoms with Crippen LogP contribution in [-0.2, 0) is 10.3 Å². The molecule has 0 aromatic heterocycles. The van der Waals surface area contributed by atoms with E-state index in [1.165, 1.54) is 5.56 Å². The molecule has 2 rings (SSSR count). The van der Waals surface area contributed by atoms with Crippen molar-refractivity contribution in [3.8, 4) is 0 Å². The summed E-state index contributed by atoms with van der Waals surface area (Å²) < 4.78 is 6.53. The van der Waals surface area contributed by atoms with Crippen LogP contribution in [0, 0.1) is 0 Å². The quantitative estimate of drug-likeness (QED) is 0.894. The maximum absolute atomic E-state index is 9.00. The topological polar surface area (TPSA) is 41.5 Å². The molecular formula is C13H18BrNO2. The predicted octanol–water partition coefficient (Wildman–Crippen LogP) is 2.04. The van der Waals surface area contributed by atoms with Gasteiger partial charge in [-0.15, -0.1) is 0 Å². The Balaban J connectivity index is 2.21. The van der Waals surface area contributed by atoms with Gasteiger partial charge >= 0.3 is 0 Å². The van der Waals surface area contributed by atoms with Crippen LogP contribution in [-0.4, -0.2) is 31.5 Å². The fraction of sp³-hybridized carbons (Fsp3) is 0.538. The number of hydrogen-bond donors (Lipinski definition) is 2. The second kappa shape index (κ2) is 5.96. The highest BCUT2D eigenvalue weighted by atomic mass is 79.9. The maximum atomic E-state index is 9.00. The van der Waals surface area contributed by atoms with E-state index in [4.69, 9.17) is 9.84 Å². The molecule has 0 spiro atoms. The highest BCUT2D eigenvalue weighted by Crippen LogP contribution is 2.32. The van der Waals surface area contributed by atoms with Gasteiger partial charge in [0.1, 0.15) is 0 Å². The molecule has 1 aromatic rings. The molecule has 3 nitrogen and oxygen atoms in total. The van der Waals surface area contributed by atoms with Gasteiger partial charge in [0.15, 0.2) is 0 Å². The Bertz CT molecular complexity index is 347. The van der Waals surface area contributed by atoms with E-state index in [1.54, 1.807) is 0 Å². The van der Waals surface area contributed by atoms with Crippen molar-refractivity contribution in [2.45, 2.75) is 18.4 Å². The van der Waals surface area contributed by atoms with E-state index < -0.39 is 0 Å². The first-order chi connectivity index (χ1) is 8.27. The van der Waals surface area contributed by atoms with Gasteiger partial charge in [0.2, 0.25) is 0 Å².